The maximum absolute atomic E-state index is 12.6. The van der Waals surface area contributed by atoms with Crippen molar-refractivity contribution in [2.75, 3.05) is 17.9 Å². The lowest BCUT2D eigenvalue weighted by molar-refractivity contribution is 0.596. The summed E-state index contributed by atoms with van der Waals surface area (Å²) < 4.78 is 26.9. The Morgan fingerprint density at radius 2 is 1.81 bits per heavy atom. The minimum Gasteiger partial charge on any atom is -0.312 e. The van der Waals surface area contributed by atoms with Crippen LogP contribution in [0.2, 0.25) is 0 Å². The van der Waals surface area contributed by atoms with E-state index >= 15 is 0 Å². The van der Waals surface area contributed by atoms with E-state index < -0.39 is 10.0 Å². The van der Waals surface area contributed by atoms with Crippen molar-refractivity contribution >= 4 is 27.0 Å². The van der Waals surface area contributed by atoms with Gasteiger partial charge in [-0.2, -0.15) is 0 Å². The monoisotopic (exact) mass is 324 g/mol. The van der Waals surface area contributed by atoms with Crippen molar-refractivity contribution < 1.29 is 8.42 Å². The van der Waals surface area contributed by atoms with Gasteiger partial charge in [-0.1, -0.05) is 24.6 Å². The topological polar surface area (TPSA) is 49.4 Å². The van der Waals surface area contributed by atoms with Crippen LogP contribution in [0.25, 0.3) is 0 Å². The number of sulfonamides is 1. The Labute approximate surface area is 130 Å². The highest BCUT2D eigenvalue weighted by Gasteiger charge is 2.23. The van der Waals surface area contributed by atoms with Crippen LogP contribution >= 0.6 is 11.3 Å². The molecule has 0 unspecified atom stereocenters. The standard InChI is InChI=1S/C15H20N2O2S2/c1-4-16-11-14-9-10-15(20-14)21(18,19)17(3)13-7-5-12(2)6-8-13/h5-10,16H,4,11H2,1-3H3. The largest absolute Gasteiger partial charge is 0.312 e. The van der Waals surface area contributed by atoms with Crippen molar-refractivity contribution in [3.05, 3.63) is 46.8 Å². The van der Waals surface area contributed by atoms with Crippen molar-refractivity contribution in [1.29, 1.82) is 0 Å². The average molecular weight is 324 g/mol. The first-order valence-electron chi connectivity index (χ1n) is 6.80. The van der Waals surface area contributed by atoms with Crippen LogP contribution in [-0.2, 0) is 16.6 Å². The van der Waals surface area contributed by atoms with Gasteiger partial charge in [0.2, 0.25) is 0 Å². The smallest absolute Gasteiger partial charge is 0.273 e. The summed E-state index contributed by atoms with van der Waals surface area (Å²) in [6.45, 7) is 5.56. The number of nitrogens with zero attached hydrogens (tertiary/aromatic N) is 1. The minimum absolute atomic E-state index is 0.374. The zero-order valence-electron chi connectivity index (χ0n) is 12.5. The molecule has 1 aromatic carbocycles. The van der Waals surface area contributed by atoms with Crippen LogP contribution < -0.4 is 9.62 Å². The van der Waals surface area contributed by atoms with Crippen LogP contribution in [0.3, 0.4) is 0 Å². The first kappa shape index (κ1) is 16.0. The molecule has 0 aliphatic heterocycles. The Morgan fingerprint density at radius 3 is 2.43 bits per heavy atom. The van der Waals surface area contributed by atoms with Gasteiger partial charge in [0.25, 0.3) is 10.0 Å². The van der Waals surface area contributed by atoms with Crippen molar-refractivity contribution in [2.45, 2.75) is 24.6 Å². The van der Waals surface area contributed by atoms with Crippen LogP contribution in [0.5, 0.6) is 0 Å². The van der Waals surface area contributed by atoms with E-state index in [4.69, 9.17) is 0 Å². The fourth-order valence-electron chi connectivity index (χ4n) is 1.87. The number of aryl methyl sites for hydroxylation is 1. The zero-order valence-corrected chi connectivity index (χ0v) is 14.1. The molecule has 21 heavy (non-hydrogen) atoms. The van der Waals surface area contributed by atoms with Gasteiger partial charge in [-0.05, 0) is 37.7 Å². The van der Waals surface area contributed by atoms with E-state index in [9.17, 15) is 8.42 Å². The molecule has 1 aromatic heterocycles. The molecule has 0 saturated carbocycles. The Hall–Kier alpha value is -1.37. The predicted molar refractivity (Wildman–Crippen MR) is 88.5 cm³/mol. The number of rotatable bonds is 6. The summed E-state index contributed by atoms with van der Waals surface area (Å²) in [5.41, 5.74) is 1.77. The van der Waals surface area contributed by atoms with E-state index in [0.29, 0.717) is 16.4 Å². The summed E-state index contributed by atoms with van der Waals surface area (Å²) in [7, 11) is -1.90. The van der Waals surface area contributed by atoms with E-state index in [0.717, 1.165) is 17.0 Å². The number of benzene rings is 1. The van der Waals surface area contributed by atoms with E-state index in [1.807, 2.05) is 44.2 Å². The molecular weight excluding hydrogens is 304 g/mol. The highest BCUT2D eigenvalue weighted by atomic mass is 32.2. The second kappa shape index (κ2) is 6.60. The summed E-state index contributed by atoms with van der Waals surface area (Å²) in [5.74, 6) is 0. The quantitative estimate of drug-likeness (QED) is 0.888. The minimum atomic E-state index is -3.49. The third-order valence-electron chi connectivity index (χ3n) is 3.20. The molecule has 1 N–H and O–H groups in total. The van der Waals surface area contributed by atoms with Crippen molar-refractivity contribution in [3.8, 4) is 0 Å². The molecule has 6 heteroatoms. The predicted octanol–water partition coefficient (Wildman–Crippen LogP) is 2.99. The van der Waals surface area contributed by atoms with Crippen molar-refractivity contribution in [1.82, 2.24) is 5.32 Å². The van der Waals surface area contributed by atoms with Gasteiger partial charge in [0, 0.05) is 18.5 Å². The first-order chi connectivity index (χ1) is 9.95. The molecule has 1 heterocycles. The lowest BCUT2D eigenvalue weighted by Crippen LogP contribution is -2.25. The van der Waals surface area contributed by atoms with E-state index in [1.54, 1.807) is 13.1 Å². The van der Waals surface area contributed by atoms with Gasteiger partial charge in [0.05, 0.1) is 5.69 Å². The molecule has 0 bridgehead atoms. The van der Waals surface area contributed by atoms with E-state index in [2.05, 4.69) is 5.32 Å². The Kier molecular flexibility index (Phi) is 5.03. The fraction of sp³-hybridized carbons (Fsp3) is 0.333. The van der Waals surface area contributed by atoms with Gasteiger partial charge in [-0.15, -0.1) is 11.3 Å². The third kappa shape index (κ3) is 3.64. The molecular formula is C15H20N2O2S2. The second-order valence-corrected chi connectivity index (χ2v) is 8.17. The lowest BCUT2D eigenvalue weighted by Gasteiger charge is -2.18. The molecule has 0 aliphatic carbocycles. The molecule has 114 valence electrons. The highest BCUT2D eigenvalue weighted by Crippen LogP contribution is 2.27. The average Bonchev–Trinajstić information content (AvgIpc) is 2.94. The number of thiophene rings is 1. The molecule has 4 nitrogen and oxygen atoms in total. The summed E-state index contributed by atoms with van der Waals surface area (Å²) >= 11 is 1.31. The summed E-state index contributed by atoms with van der Waals surface area (Å²) in [4.78, 5) is 1.02. The second-order valence-electron chi connectivity index (χ2n) is 4.81. The van der Waals surface area contributed by atoms with Gasteiger partial charge >= 0.3 is 0 Å². The summed E-state index contributed by atoms with van der Waals surface area (Å²) in [6, 6.07) is 11.0. The summed E-state index contributed by atoms with van der Waals surface area (Å²) in [5, 5.41) is 3.20. The molecule has 0 fully saturated rings. The maximum Gasteiger partial charge on any atom is 0.273 e. The number of nitrogens with one attached hydrogen (secondary N) is 1. The maximum atomic E-state index is 12.6. The first-order valence-corrected chi connectivity index (χ1v) is 9.06. The molecule has 0 aliphatic rings. The van der Waals surface area contributed by atoms with Crippen LogP contribution in [0.1, 0.15) is 17.4 Å². The molecule has 0 radical (unpaired) electrons. The fourth-order valence-corrected chi connectivity index (χ4v) is 4.56. The number of anilines is 1. The van der Waals surface area contributed by atoms with Gasteiger partial charge in [-0.25, -0.2) is 8.42 Å². The Bertz CT molecular complexity index is 691. The van der Waals surface area contributed by atoms with Crippen LogP contribution in [0.15, 0.2) is 40.6 Å². The van der Waals surface area contributed by atoms with Crippen molar-refractivity contribution in [3.63, 3.8) is 0 Å². The molecule has 0 spiro atoms. The van der Waals surface area contributed by atoms with Gasteiger partial charge in [0.1, 0.15) is 4.21 Å². The summed E-state index contributed by atoms with van der Waals surface area (Å²) in [6.07, 6.45) is 0. The van der Waals surface area contributed by atoms with Gasteiger partial charge in [0.15, 0.2) is 0 Å². The van der Waals surface area contributed by atoms with E-state index in [1.165, 1.54) is 15.6 Å². The number of hydrogen-bond acceptors (Lipinski definition) is 4. The third-order valence-corrected chi connectivity index (χ3v) is 6.54. The molecule has 0 atom stereocenters. The van der Waals surface area contributed by atoms with Gasteiger partial charge in [-0.3, -0.25) is 4.31 Å². The Balaban J connectivity index is 2.24. The SMILES string of the molecule is CCNCc1ccc(S(=O)(=O)N(C)c2ccc(C)cc2)s1. The molecule has 2 rings (SSSR count). The lowest BCUT2D eigenvalue weighted by atomic mass is 10.2. The normalized spacial score (nSPS) is 11.6. The van der Waals surface area contributed by atoms with Gasteiger partial charge < -0.3 is 5.32 Å². The number of hydrogen-bond donors (Lipinski definition) is 1. The Morgan fingerprint density at radius 1 is 1.14 bits per heavy atom. The highest BCUT2D eigenvalue weighted by molar-refractivity contribution is 7.94. The molecule has 0 amide bonds. The van der Waals surface area contributed by atoms with E-state index in [-0.39, 0.29) is 0 Å². The van der Waals surface area contributed by atoms with Crippen LogP contribution in [-0.4, -0.2) is 22.0 Å². The molecule has 0 saturated heterocycles. The molecule has 2 aromatic rings. The van der Waals surface area contributed by atoms with Crippen LogP contribution in [0, 0.1) is 6.92 Å². The zero-order chi connectivity index (χ0) is 15.5. The van der Waals surface area contributed by atoms with Crippen LogP contribution in [0.4, 0.5) is 5.69 Å². The van der Waals surface area contributed by atoms with Crippen molar-refractivity contribution in [2.24, 2.45) is 0 Å².